The van der Waals surface area contributed by atoms with Gasteiger partial charge in [-0.2, -0.15) is 0 Å². The Balaban J connectivity index is 1.98. The number of hydrogen-bond donors (Lipinski definition) is 2. The number of benzene rings is 2. The second-order valence-corrected chi connectivity index (χ2v) is 4.52. The van der Waals surface area contributed by atoms with E-state index in [1.54, 1.807) is 18.3 Å². The second-order valence-electron chi connectivity index (χ2n) is 4.52. The summed E-state index contributed by atoms with van der Waals surface area (Å²) in [6.45, 7) is 0. The van der Waals surface area contributed by atoms with Crippen LogP contribution in [0.25, 0.3) is 10.9 Å². The topological polar surface area (TPSA) is 85.4 Å². The Morgan fingerprint density at radius 3 is 2.81 bits per heavy atom. The summed E-state index contributed by atoms with van der Waals surface area (Å²) in [6, 6.07) is 13.6. The fourth-order valence-corrected chi connectivity index (χ4v) is 1.99. The minimum Gasteiger partial charge on any atom is -0.478 e. The predicted molar refractivity (Wildman–Crippen MR) is 79.6 cm³/mol. The molecule has 0 amide bonds. The molecule has 3 rings (SSSR count). The number of aromatic nitrogens is 1. The number of carbonyl (C=O) groups is 1. The first-order valence-electron chi connectivity index (χ1n) is 6.29. The van der Waals surface area contributed by atoms with Gasteiger partial charge < -0.3 is 15.6 Å². The molecule has 0 spiro atoms. The van der Waals surface area contributed by atoms with Gasteiger partial charge in [-0.15, -0.1) is 0 Å². The summed E-state index contributed by atoms with van der Waals surface area (Å²) < 4.78 is 5.68. The third-order valence-electron chi connectivity index (χ3n) is 3.07. The number of carboxylic acid groups (broad SMARTS) is 1. The fraction of sp³-hybridized carbons (Fsp3) is 0. The van der Waals surface area contributed by atoms with Gasteiger partial charge in [-0.05, 0) is 36.4 Å². The molecule has 0 fully saturated rings. The van der Waals surface area contributed by atoms with E-state index >= 15 is 0 Å². The maximum Gasteiger partial charge on any atom is 0.335 e. The van der Waals surface area contributed by atoms with E-state index in [1.165, 1.54) is 18.2 Å². The van der Waals surface area contributed by atoms with Gasteiger partial charge in [0, 0.05) is 17.6 Å². The predicted octanol–water partition coefficient (Wildman–Crippen LogP) is 3.31. The quantitative estimate of drug-likeness (QED) is 0.719. The number of ether oxygens (including phenoxy) is 1. The van der Waals surface area contributed by atoms with Crippen molar-refractivity contribution in [3.63, 3.8) is 0 Å². The molecule has 0 saturated carbocycles. The van der Waals surface area contributed by atoms with Crippen LogP contribution in [0, 0.1) is 0 Å². The molecule has 0 aliphatic carbocycles. The molecule has 5 nitrogen and oxygen atoms in total. The zero-order chi connectivity index (χ0) is 14.8. The number of nitrogens with zero attached hydrogens (tertiary/aromatic N) is 1. The lowest BCUT2D eigenvalue weighted by molar-refractivity contribution is 0.0696. The largest absolute Gasteiger partial charge is 0.478 e. The lowest BCUT2D eigenvalue weighted by atomic mass is 10.2. The number of nitrogens with two attached hydrogens (primary N) is 1. The van der Waals surface area contributed by atoms with Crippen molar-refractivity contribution >= 4 is 22.6 Å². The van der Waals surface area contributed by atoms with E-state index in [9.17, 15) is 4.79 Å². The highest BCUT2D eigenvalue weighted by Crippen LogP contribution is 2.30. The van der Waals surface area contributed by atoms with Crippen molar-refractivity contribution in [2.45, 2.75) is 0 Å². The molecule has 0 radical (unpaired) electrons. The summed E-state index contributed by atoms with van der Waals surface area (Å²) in [7, 11) is 0. The van der Waals surface area contributed by atoms with Crippen LogP contribution < -0.4 is 10.5 Å². The SMILES string of the molecule is Nc1ccc(C(=O)O)cc1Oc1ccc2cccnc2c1. The maximum atomic E-state index is 11.0. The second kappa shape index (κ2) is 5.13. The third-order valence-corrected chi connectivity index (χ3v) is 3.07. The monoisotopic (exact) mass is 280 g/mol. The Bertz CT molecular complexity index is 831. The Labute approximate surface area is 120 Å². The highest BCUT2D eigenvalue weighted by Gasteiger charge is 2.09. The molecule has 21 heavy (non-hydrogen) atoms. The summed E-state index contributed by atoms with van der Waals surface area (Å²) in [4.78, 5) is 15.2. The van der Waals surface area contributed by atoms with Gasteiger partial charge in [-0.3, -0.25) is 4.98 Å². The number of nitrogen functional groups attached to an aromatic ring is 1. The molecule has 0 saturated heterocycles. The van der Waals surface area contributed by atoms with Gasteiger partial charge in [0.25, 0.3) is 0 Å². The molecule has 0 bridgehead atoms. The highest BCUT2D eigenvalue weighted by atomic mass is 16.5. The summed E-state index contributed by atoms with van der Waals surface area (Å²) >= 11 is 0. The van der Waals surface area contributed by atoms with Crippen LogP contribution in [0.5, 0.6) is 11.5 Å². The van der Waals surface area contributed by atoms with Crippen LogP contribution in [0.1, 0.15) is 10.4 Å². The molecule has 1 heterocycles. The molecule has 0 unspecified atom stereocenters. The zero-order valence-corrected chi connectivity index (χ0v) is 11.0. The van der Waals surface area contributed by atoms with Gasteiger partial charge >= 0.3 is 5.97 Å². The smallest absolute Gasteiger partial charge is 0.335 e. The number of carboxylic acids is 1. The molecule has 3 N–H and O–H groups in total. The minimum atomic E-state index is -1.03. The number of hydrogen-bond acceptors (Lipinski definition) is 4. The van der Waals surface area contributed by atoms with E-state index in [0.717, 1.165) is 10.9 Å². The van der Waals surface area contributed by atoms with Crippen molar-refractivity contribution in [3.05, 3.63) is 60.3 Å². The molecule has 5 heteroatoms. The van der Waals surface area contributed by atoms with E-state index in [1.807, 2.05) is 18.2 Å². The normalized spacial score (nSPS) is 10.5. The Morgan fingerprint density at radius 1 is 1.14 bits per heavy atom. The summed E-state index contributed by atoms with van der Waals surface area (Å²) in [5.41, 5.74) is 7.11. The molecular formula is C16H12N2O3. The molecule has 2 aromatic carbocycles. The van der Waals surface area contributed by atoms with E-state index in [0.29, 0.717) is 17.2 Å². The lowest BCUT2D eigenvalue weighted by Gasteiger charge is -2.09. The summed E-state index contributed by atoms with van der Waals surface area (Å²) in [5, 5.41) is 10.00. The number of fused-ring (bicyclic) bond motifs is 1. The van der Waals surface area contributed by atoms with Gasteiger partial charge in [0.2, 0.25) is 0 Å². The molecular weight excluding hydrogens is 268 g/mol. The van der Waals surface area contributed by atoms with Crippen molar-refractivity contribution in [1.82, 2.24) is 4.98 Å². The van der Waals surface area contributed by atoms with Gasteiger partial charge in [0.1, 0.15) is 5.75 Å². The van der Waals surface area contributed by atoms with Gasteiger partial charge in [-0.25, -0.2) is 4.79 Å². The van der Waals surface area contributed by atoms with Crippen LogP contribution in [0.4, 0.5) is 5.69 Å². The summed E-state index contributed by atoms with van der Waals surface area (Å²) in [5.74, 6) is -0.166. The van der Waals surface area contributed by atoms with Crippen molar-refractivity contribution in [2.75, 3.05) is 5.73 Å². The van der Waals surface area contributed by atoms with E-state index < -0.39 is 5.97 Å². The first kappa shape index (κ1) is 12.9. The average molecular weight is 280 g/mol. The Morgan fingerprint density at radius 2 is 2.00 bits per heavy atom. The number of pyridine rings is 1. The van der Waals surface area contributed by atoms with Crippen molar-refractivity contribution in [2.24, 2.45) is 0 Å². The van der Waals surface area contributed by atoms with Gasteiger partial charge in [0.15, 0.2) is 5.75 Å². The van der Waals surface area contributed by atoms with Gasteiger partial charge in [0.05, 0.1) is 16.8 Å². The van der Waals surface area contributed by atoms with Crippen LogP contribution in [0.2, 0.25) is 0 Å². The first-order chi connectivity index (χ1) is 10.1. The average Bonchev–Trinajstić information content (AvgIpc) is 2.49. The van der Waals surface area contributed by atoms with Crippen LogP contribution in [0.3, 0.4) is 0 Å². The van der Waals surface area contributed by atoms with E-state index in [4.69, 9.17) is 15.6 Å². The molecule has 0 aliphatic heterocycles. The molecule has 1 aromatic heterocycles. The minimum absolute atomic E-state index is 0.123. The fourth-order valence-electron chi connectivity index (χ4n) is 1.99. The van der Waals surface area contributed by atoms with E-state index in [-0.39, 0.29) is 5.56 Å². The molecule has 0 aliphatic rings. The maximum absolute atomic E-state index is 11.0. The summed E-state index contributed by atoms with van der Waals surface area (Å²) in [6.07, 6.45) is 1.70. The molecule has 3 aromatic rings. The lowest BCUT2D eigenvalue weighted by Crippen LogP contribution is -1.99. The van der Waals surface area contributed by atoms with Crippen LogP contribution in [0.15, 0.2) is 54.7 Å². The third kappa shape index (κ3) is 2.62. The Kier molecular flexibility index (Phi) is 3.16. The number of aromatic carboxylic acids is 1. The van der Waals surface area contributed by atoms with Crippen LogP contribution >= 0.6 is 0 Å². The van der Waals surface area contributed by atoms with Crippen LogP contribution in [-0.2, 0) is 0 Å². The number of anilines is 1. The number of rotatable bonds is 3. The van der Waals surface area contributed by atoms with Crippen molar-refractivity contribution < 1.29 is 14.6 Å². The molecule has 0 atom stereocenters. The first-order valence-corrected chi connectivity index (χ1v) is 6.29. The van der Waals surface area contributed by atoms with Gasteiger partial charge in [-0.1, -0.05) is 6.07 Å². The van der Waals surface area contributed by atoms with Crippen molar-refractivity contribution in [3.8, 4) is 11.5 Å². The Hall–Kier alpha value is -3.08. The standard InChI is InChI=1S/C16H12N2O3/c17-13-6-4-11(16(19)20)8-15(13)21-12-5-3-10-2-1-7-18-14(10)9-12/h1-9H,17H2,(H,19,20). The van der Waals surface area contributed by atoms with E-state index in [2.05, 4.69) is 4.98 Å². The zero-order valence-electron chi connectivity index (χ0n) is 11.0. The molecule has 104 valence electrons. The van der Waals surface area contributed by atoms with Crippen molar-refractivity contribution in [1.29, 1.82) is 0 Å². The highest BCUT2D eigenvalue weighted by molar-refractivity contribution is 5.89. The van der Waals surface area contributed by atoms with Crippen LogP contribution in [-0.4, -0.2) is 16.1 Å².